The molecule has 1 aromatic heterocycles. The van der Waals surface area contributed by atoms with Crippen molar-refractivity contribution < 1.29 is 9.53 Å². The van der Waals surface area contributed by atoms with Crippen molar-refractivity contribution in [1.29, 1.82) is 0 Å². The van der Waals surface area contributed by atoms with Crippen molar-refractivity contribution >= 4 is 17.2 Å². The Hall–Kier alpha value is -1.65. The lowest BCUT2D eigenvalue weighted by atomic mass is 10.0. The van der Waals surface area contributed by atoms with Gasteiger partial charge in [0, 0.05) is 17.6 Å². The highest BCUT2D eigenvalue weighted by molar-refractivity contribution is 7.10. The third-order valence-corrected chi connectivity index (χ3v) is 4.29. The highest BCUT2D eigenvalue weighted by Crippen LogP contribution is 2.26. The van der Waals surface area contributed by atoms with Gasteiger partial charge in [-0.25, -0.2) is 0 Å². The quantitative estimate of drug-likeness (QED) is 0.875. The number of ether oxygens (including phenoxy) is 1. The second kappa shape index (κ2) is 7.38. The lowest BCUT2D eigenvalue weighted by Crippen LogP contribution is -2.31. The Bertz CT molecular complexity index is 561. The minimum atomic E-state index is -0.0360. The van der Waals surface area contributed by atoms with Crippen LogP contribution in [0.1, 0.15) is 40.7 Å². The molecular weight excluding hydrogens is 282 g/mol. The summed E-state index contributed by atoms with van der Waals surface area (Å²) in [4.78, 5) is 13.6. The van der Waals surface area contributed by atoms with Crippen LogP contribution >= 0.6 is 11.3 Å². The third-order valence-electron chi connectivity index (χ3n) is 3.33. The van der Waals surface area contributed by atoms with Crippen molar-refractivity contribution in [2.45, 2.75) is 26.5 Å². The molecule has 0 fully saturated rings. The first kappa shape index (κ1) is 15.7. The van der Waals surface area contributed by atoms with Crippen molar-refractivity contribution in [3.63, 3.8) is 0 Å². The van der Waals surface area contributed by atoms with Gasteiger partial charge in [-0.2, -0.15) is 0 Å². The molecule has 2 rings (SSSR count). The van der Waals surface area contributed by atoms with Gasteiger partial charge < -0.3 is 10.1 Å². The predicted octanol–water partition coefficient (Wildman–Crippen LogP) is 4.02. The lowest BCUT2D eigenvalue weighted by Gasteiger charge is -2.21. The molecule has 0 aliphatic rings. The largest absolute Gasteiger partial charge is 0.380 e. The molecule has 112 valence electrons. The molecular formula is C17H21NO2S. The van der Waals surface area contributed by atoms with Crippen LogP contribution < -0.4 is 5.32 Å². The molecule has 1 atom stereocenters. The van der Waals surface area contributed by atoms with Gasteiger partial charge in [-0.15, -0.1) is 11.3 Å². The molecule has 1 heterocycles. The number of methoxy groups -OCH3 is 1. The number of hydrogen-bond acceptors (Lipinski definition) is 3. The smallest absolute Gasteiger partial charge is 0.251 e. The summed E-state index contributed by atoms with van der Waals surface area (Å²) in [5.74, 6) is 0.312. The van der Waals surface area contributed by atoms with Crippen LogP contribution in [0.2, 0.25) is 0 Å². The number of nitrogens with one attached hydrogen (secondary N) is 1. The molecule has 3 nitrogen and oxygen atoms in total. The number of amides is 1. The monoisotopic (exact) mass is 303 g/mol. The highest BCUT2D eigenvalue weighted by atomic mass is 32.1. The van der Waals surface area contributed by atoms with Gasteiger partial charge in [0.1, 0.15) is 0 Å². The number of carbonyl (C=O) groups is 1. The van der Waals surface area contributed by atoms with Crippen molar-refractivity contribution in [3.8, 4) is 0 Å². The maximum atomic E-state index is 12.4. The second-order valence-electron chi connectivity index (χ2n) is 5.34. The summed E-state index contributed by atoms with van der Waals surface area (Å²) >= 11 is 1.67. The van der Waals surface area contributed by atoms with E-state index >= 15 is 0 Å². The first-order chi connectivity index (χ1) is 10.1. The zero-order chi connectivity index (χ0) is 15.2. The van der Waals surface area contributed by atoms with E-state index in [1.807, 2.05) is 35.7 Å². The van der Waals surface area contributed by atoms with E-state index in [0.29, 0.717) is 18.1 Å². The van der Waals surface area contributed by atoms with Gasteiger partial charge in [-0.3, -0.25) is 4.79 Å². The Balaban J connectivity index is 2.08. The van der Waals surface area contributed by atoms with Crippen LogP contribution in [0, 0.1) is 5.92 Å². The fourth-order valence-electron chi connectivity index (χ4n) is 2.18. The normalized spacial score (nSPS) is 12.4. The van der Waals surface area contributed by atoms with Crippen LogP contribution in [0.25, 0.3) is 0 Å². The molecule has 1 N–H and O–H groups in total. The SMILES string of the molecule is COCc1ccc(C(=O)N[C@@H](c2cccs2)C(C)C)cc1. The molecule has 1 aromatic carbocycles. The molecule has 21 heavy (non-hydrogen) atoms. The van der Waals surface area contributed by atoms with Gasteiger partial charge in [0.15, 0.2) is 0 Å². The van der Waals surface area contributed by atoms with Gasteiger partial charge in [0.25, 0.3) is 5.91 Å². The Morgan fingerprint density at radius 3 is 2.48 bits per heavy atom. The lowest BCUT2D eigenvalue weighted by molar-refractivity contribution is 0.0926. The third kappa shape index (κ3) is 4.16. The van der Waals surface area contributed by atoms with Gasteiger partial charge in [0.05, 0.1) is 12.6 Å². The summed E-state index contributed by atoms with van der Waals surface area (Å²) in [6.07, 6.45) is 0. The number of rotatable bonds is 6. The summed E-state index contributed by atoms with van der Waals surface area (Å²) in [7, 11) is 1.66. The first-order valence-corrected chi connectivity index (χ1v) is 7.92. The molecule has 1 amide bonds. The van der Waals surface area contributed by atoms with Crippen LogP contribution in [0.4, 0.5) is 0 Å². The minimum Gasteiger partial charge on any atom is -0.380 e. The molecule has 0 spiro atoms. The zero-order valence-electron chi connectivity index (χ0n) is 12.6. The van der Waals surface area contributed by atoms with Crippen molar-refractivity contribution in [2.75, 3.05) is 7.11 Å². The Morgan fingerprint density at radius 1 is 1.24 bits per heavy atom. The maximum Gasteiger partial charge on any atom is 0.251 e. The highest BCUT2D eigenvalue weighted by Gasteiger charge is 2.19. The number of carbonyl (C=O) groups excluding carboxylic acids is 1. The molecule has 4 heteroatoms. The van der Waals surface area contributed by atoms with Gasteiger partial charge in [-0.05, 0) is 35.1 Å². The molecule has 0 bridgehead atoms. The molecule has 2 aromatic rings. The summed E-state index contributed by atoms with van der Waals surface area (Å²) in [6.45, 7) is 4.80. The van der Waals surface area contributed by atoms with Crippen LogP contribution in [-0.2, 0) is 11.3 Å². The second-order valence-corrected chi connectivity index (χ2v) is 6.32. The van der Waals surface area contributed by atoms with E-state index in [1.165, 1.54) is 4.88 Å². The van der Waals surface area contributed by atoms with Gasteiger partial charge in [0.2, 0.25) is 0 Å². The Morgan fingerprint density at radius 2 is 1.95 bits per heavy atom. The Labute approximate surface area is 130 Å². The minimum absolute atomic E-state index is 0.0360. The van der Waals surface area contributed by atoms with Crippen LogP contribution in [0.5, 0.6) is 0 Å². The van der Waals surface area contributed by atoms with E-state index in [4.69, 9.17) is 4.74 Å². The van der Waals surface area contributed by atoms with E-state index in [0.717, 1.165) is 5.56 Å². The fourth-order valence-corrected chi connectivity index (χ4v) is 3.13. The molecule has 0 saturated heterocycles. The first-order valence-electron chi connectivity index (χ1n) is 7.04. The molecule has 0 saturated carbocycles. The van der Waals surface area contributed by atoms with Gasteiger partial charge in [-0.1, -0.05) is 32.0 Å². The van der Waals surface area contributed by atoms with Crippen molar-refractivity contribution in [3.05, 3.63) is 57.8 Å². The van der Waals surface area contributed by atoms with Crippen LogP contribution in [0.3, 0.4) is 0 Å². The maximum absolute atomic E-state index is 12.4. The van der Waals surface area contributed by atoms with Crippen LogP contribution in [0.15, 0.2) is 41.8 Å². The molecule has 0 aliphatic heterocycles. The van der Waals surface area contributed by atoms with Crippen LogP contribution in [-0.4, -0.2) is 13.0 Å². The van der Waals surface area contributed by atoms with E-state index in [-0.39, 0.29) is 11.9 Å². The molecule has 0 unspecified atom stereocenters. The van der Waals surface area contributed by atoms with E-state index in [9.17, 15) is 4.79 Å². The summed E-state index contributed by atoms with van der Waals surface area (Å²) in [5.41, 5.74) is 1.74. The van der Waals surface area contributed by atoms with Crippen molar-refractivity contribution in [2.24, 2.45) is 5.92 Å². The fraction of sp³-hybridized carbons (Fsp3) is 0.353. The zero-order valence-corrected chi connectivity index (χ0v) is 13.4. The van der Waals surface area contributed by atoms with Gasteiger partial charge >= 0.3 is 0 Å². The molecule has 0 aliphatic carbocycles. The molecule has 0 radical (unpaired) electrons. The summed E-state index contributed by atoms with van der Waals surface area (Å²) in [5, 5.41) is 5.16. The number of benzene rings is 1. The predicted molar refractivity (Wildman–Crippen MR) is 86.5 cm³/mol. The summed E-state index contributed by atoms with van der Waals surface area (Å²) < 4.78 is 5.07. The van der Waals surface area contributed by atoms with E-state index < -0.39 is 0 Å². The number of thiophene rings is 1. The number of hydrogen-bond donors (Lipinski definition) is 1. The average Bonchev–Trinajstić information content (AvgIpc) is 2.99. The summed E-state index contributed by atoms with van der Waals surface area (Å²) in [6, 6.07) is 11.7. The average molecular weight is 303 g/mol. The van der Waals surface area contributed by atoms with Crippen molar-refractivity contribution in [1.82, 2.24) is 5.32 Å². The standard InChI is InChI=1S/C17H21NO2S/c1-12(2)16(15-5-4-10-21-15)18-17(19)14-8-6-13(7-9-14)11-20-3/h4-10,12,16H,11H2,1-3H3,(H,18,19)/t16-/m1/s1. The van der Waals surface area contributed by atoms with E-state index in [2.05, 4.69) is 25.2 Å². The topological polar surface area (TPSA) is 38.3 Å². The van der Waals surface area contributed by atoms with E-state index in [1.54, 1.807) is 18.4 Å². The Kier molecular flexibility index (Phi) is 5.53.